The van der Waals surface area contributed by atoms with Crippen molar-refractivity contribution in [3.63, 3.8) is 0 Å². The van der Waals surface area contributed by atoms with Crippen LogP contribution in [0, 0.1) is 23.0 Å². The first-order valence-corrected chi connectivity index (χ1v) is 12.9. The average molecular weight is 532 g/mol. The third-order valence-electron chi connectivity index (χ3n) is 7.30. The molecular formula is C30H33N3O6. The van der Waals surface area contributed by atoms with Crippen LogP contribution < -0.4 is 0 Å². The number of carbonyl (C=O) groups excluding carboxylic acids is 2. The van der Waals surface area contributed by atoms with Crippen molar-refractivity contribution in [3.05, 3.63) is 92.7 Å². The maximum atomic E-state index is 13.4. The zero-order chi connectivity index (χ0) is 28.1. The van der Waals surface area contributed by atoms with Gasteiger partial charge in [0.25, 0.3) is 5.69 Å². The highest BCUT2D eigenvalue weighted by atomic mass is 16.6. The number of nitro benzene ring substituents is 1. The molecule has 2 aromatic rings. The molecule has 2 aliphatic heterocycles. The summed E-state index contributed by atoms with van der Waals surface area (Å²) in [5, 5.41) is 11.4. The number of carbonyl (C=O) groups is 2. The molecule has 4 rings (SSSR count). The quantitative estimate of drug-likeness (QED) is 0.272. The van der Waals surface area contributed by atoms with Gasteiger partial charge in [0.15, 0.2) is 0 Å². The number of esters is 2. The average Bonchev–Trinajstić information content (AvgIpc) is 2.93. The zero-order valence-corrected chi connectivity index (χ0v) is 22.7. The number of nitro groups is 1. The van der Waals surface area contributed by atoms with Gasteiger partial charge in [0, 0.05) is 49.1 Å². The Morgan fingerprint density at radius 2 is 1.87 bits per heavy atom. The van der Waals surface area contributed by atoms with Crippen LogP contribution >= 0.6 is 0 Å². The smallest absolute Gasteiger partial charge is 0.336 e. The van der Waals surface area contributed by atoms with Crippen molar-refractivity contribution < 1.29 is 24.0 Å². The highest BCUT2D eigenvalue weighted by molar-refractivity contribution is 6.07. The van der Waals surface area contributed by atoms with E-state index in [2.05, 4.69) is 47.2 Å². The van der Waals surface area contributed by atoms with E-state index in [4.69, 9.17) is 9.47 Å². The van der Waals surface area contributed by atoms with E-state index in [1.807, 2.05) is 0 Å². The Kier molecular flexibility index (Phi) is 8.71. The van der Waals surface area contributed by atoms with Crippen LogP contribution in [-0.2, 0) is 19.1 Å². The van der Waals surface area contributed by atoms with Gasteiger partial charge in [-0.15, -0.1) is 0 Å². The molecule has 39 heavy (non-hydrogen) atoms. The van der Waals surface area contributed by atoms with Crippen LogP contribution in [0.25, 0.3) is 5.57 Å². The lowest BCUT2D eigenvalue weighted by molar-refractivity contribution is -0.384. The van der Waals surface area contributed by atoms with Gasteiger partial charge in [0.1, 0.15) is 12.5 Å². The van der Waals surface area contributed by atoms with Gasteiger partial charge in [-0.05, 0) is 43.9 Å². The number of methoxy groups -OCH3 is 1. The monoisotopic (exact) mass is 531 g/mol. The van der Waals surface area contributed by atoms with Crippen molar-refractivity contribution >= 4 is 28.9 Å². The van der Waals surface area contributed by atoms with Gasteiger partial charge in [-0.3, -0.25) is 24.8 Å². The summed E-state index contributed by atoms with van der Waals surface area (Å²) in [6.45, 7) is 7.76. The number of hydrogen-bond donors (Lipinski definition) is 0. The van der Waals surface area contributed by atoms with E-state index in [0.717, 1.165) is 19.5 Å². The number of benzene rings is 2. The third-order valence-corrected chi connectivity index (χ3v) is 7.30. The highest BCUT2D eigenvalue weighted by Crippen LogP contribution is 2.41. The molecule has 0 fully saturated rings. The molecule has 0 radical (unpaired) electrons. The van der Waals surface area contributed by atoms with E-state index >= 15 is 0 Å². The Hall–Kier alpha value is -4.11. The van der Waals surface area contributed by atoms with Crippen molar-refractivity contribution in [3.8, 4) is 0 Å². The summed E-state index contributed by atoms with van der Waals surface area (Å²) in [6, 6.07) is 14.5. The van der Waals surface area contributed by atoms with Crippen LogP contribution in [0.15, 0.2) is 70.9 Å². The molecule has 2 unspecified atom stereocenters. The topological polar surface area (TPSA) is 111 Å². The Bertz CT molecular complexity index is 1360. The van der Waals surface area contributed by atoms with Gasteiger partial charge in [-0.2, -0.15) is 0 Å². The van der Waals surface area contributed by atoms with Crippen LogP contribution in [0.5, 0.6) is 0 Å². The minimum atomic E-state index is -0.907. The first-order chi connectivity index (χ1) is 18.7. The molecule has 2 heterocycles. The number of aliphatic imine (C=N–C) groups is 1. The number of aryl methyl sites for hydroxylation is 1. The van der Waals surface area contributed by atoms with E-state index in [9.17, 15) is 19.7 Å². The standard InChI is InChI=1S/C30H33N3O6/c1-19-8-10-22(11-9-19)23-12-14-32(15-13-23)16-17-39-30(35)27-21(3)31-20(2)26(29(34)38-4)28(27)24-6-5-7-25(18-24)33(36)37/h5-12,18,26,28H,13-17H2,1-4H3. The fraction of sp³-hybridized carbons (Fsp3) is 0.367. The molecule has 204 valence electrons. The van der Waals surface area contributed by atoms with E-state index in [0.29, 0.717) is 23.5 Å². The second-order valence-corrected chi connectivity index (χ2v) is 9.86. The van der Waals surface area contributed by atoms with E-state index in [1.165, 1.54) is 42.0 Å². The molecule has 9 heteroatoms. The Labute approximate surface area is 228 Å². The van der Waals surface area contributed by atoms with Gasteiger partial charge < -0.3 is 9.47 Å². The molecule has 0 saturated carbocycles. The second-order valence-electron chi connectivity index (χ2n) is 9.86. The number of nitrogens with zero attached hydrogens (tertiary/aromatic N) is 3. The summed E-state index contributed by atoms with van der Waals surface area (Å²) in [6.07, 6.45) is 3.12. The summed E-state index contributed by atoms with van der Waals surface area (Å²) in [5.41, 5.74) is 5.18. The van der Waals surface area contributed by atoms with Crippen LogP contribution in [0.2, 0.25) is 0 Å². The number of hydrogen-bond acceptors (Lipinski definition) is 8. The molecule has 0 bridgehead atoms. The molecule has 9 nitrogen and oxygen atoms in total. The van der Waals surface area contributed by atoms with Crippen molar-refractivity contribution in [1.29, 1.82) is 0 Å². The lowest BCUT2D eigenvalue weighted by Crippen LogP contribution is -2.37. The van der Waals surface area contributed by atoms with Crippen molar-refractivity contribution in [2.24, 2.45) is 10.9 Å². The molecule has 0 saturated heterocycles. The molecule has 0 aromatic heterocycles. The van der Waals surface area contributed by atoms with Crippen molar-refractivity contribution in [2.45, 2.75) is 33.1 Å². The van der Waals surface area contributed by atoms with Crippen molar-refractivity contribution in [2.75, 3.05) is 33.4 Å². The molecule has 0 spiro atoms. The minimum absolute atomic E-state index is 0.134. The van der Waals surface area contributed by atoms with Gasteiger partial charge >= 0.3 is 11.9 Å². The number of allylic oxidation sites excluding steroid dienone is 1. The van der Waals surface area contributed by atoms with Crippen LogP contribution in [0.1, 0.15) is 42.9 Å². The normalized spacial score (nSPS) is 19.7. The molecule has 2 aliphatic rings. The van der Waals surface area contributed by atoms with Gasteiger partial charge in [-0.1, -0.05) is 48.0 Å². The summed E-state index contributed by atoms with van der Waals surface area (Å²) >= 11 is 0. The first kappa shape index (κ1) is 27.9. The number of ether oxygens (including phenoxy) is 2. The summed E-state index contributed by atoms with van der Waals surface area (Å²) < 4.78 is 10.7. The van der Waals surface area contributed by atoms with Crippen LogP contribution in [-0.4, -0.2) is 60.8 Å². The van der Waals surface area contributed by atoms with Crippen molar-refractivity contribution in [1.82, 2.24) is 4.90 Å². The molecule has 0 N–H and O–H groups in total. The Balaban J connectivity index is 1.49. The second kappa shape index (κ2) is 12.2. The molecule has 2 atom stereocenters. The highest BCUT2D eigenvalue weighted by Gasteiger charge is 2.42. The van der Waals surface area contributed by atoms with E-state index in [1.54, 1.807) is 19.9 Å². The predicted octanol–water partition coefficient (Wildman–Crippen LogP) is 4.86. The third kappa shape index (κ3) is 6.31. The Morgan fingerprint density at radius 3 is 2.51 bits per heavy atom. The first-order valence-electron chi connectivity index (χ1n) is 12.9. The molecule has 0 amide bonds. The van der Waals surface area contributed by atoms with Gasteiger partial charge in [-0.25, -0.2) is 4.79 Å². The lowest BCUT2D eigenvalue weighted by Gasteiger charge is -2.31. The van der Waals surface area contributed by atoms with Gasteiger partial charge in [0.2, 0.25) is 0 Å². The molecule has 2 aromatic carbocycles. The summed E-state index contributed by atoms with van der Waals surface area (Å²) in [5.74, 6) is -2.90. The Morgan fingerprint density at radius 1 is 1.13 bits per heavy atom. The fourth-order valence-electron chi connectivity index (χ4n) is 5.22. The SMILES string of the molecule is COC(=O)C1C(C)=NC(C)=C(C(=O)OCCN2CC=C(c3ccc(C)cc3)CC2)C1c1cccc([N+](=O)[O-])c1. The minimum Gasteiger partial charge on any atom is -0.468 e. The zero-order valence-electron chi connectivity index (χ0n) is 22.7. The lowest BCUT2D eigenvalue weighted by atomic mass is 9.75. The van der Waals surface area contributed by atoms with E-state index in [-0.39, 0.29) is 17.9 Å². The van der Waals surface area contributed by atoms with Gasteiger partial charge in [0.05, 0.1) is 17.6 Å². The number of non-ortho nitro benzene ring substituents is 1. The predicted molar refractivity (Wildman–Crippen MR) is 148 cm³/mol. The largest absolute Gasteiger partial charge is 0.468 e. The van der Waals surface area contributed by atoms with Crippen LogP contribution in [0.4, 0.5) is 5.69 Å². The summed E-state index contributed by atoms with van der Waals surface area (Å²) in [4.78, 5) is 43.8. The van der Waals surface area contributed by atoms with Crippen LogP contribution in [0.3, 0.4) is 0 Å². The molecular weight excluding hydrogens is 498 g/mol. The number of rotatable bonds is 8. The fourth-order valence-corrected chi connectivity index (χ4v) is 5.22. The summed E-state index contributed by atoms with van der Waals surface area (Å²) in [7, 11) is 1.26. The van der Waals surface area contributed by atoms with E-state index < -0.39 is 28.7 Å². The maximum absolute atomic E-state index is 13.4. The molecule has 0 aliphatic carbocycles. The maximum Gasteiger partial charge on any atom is 0.336 e.